The zero-order chi connectivity index (χ0) is 16.7. The van der Waals surface area contributed by atoms with Crippen molar-refractivity contribution in [2.45, 2.75) is 44.4 Å². The van der Waals surface area contributed by atoms with Crippen molar-refractivity contribution in [3.8, 4) is 0 Å². The SMILES string of the molecule is O=C(C1CC(F)C1)N1Cc2ccnn2C(C(=O)N2CCCCO2)C1. The minimum absolute atomic E-state index is 0.0614. The predicted octanol–water partition coefficient (Wildman–Crippen LogP) is 1.07. The molecule has 1 aromatic heterocycles. The molecule has 1 aromatic rings. The Morgan fingerprint density at radius 1 is 1.25 bits per heavy atom. The maximum absolute atomic E-state index is 13.1. The van der Waals surface area contributed by atoms with Crippen molar-refractivity contribution in [3.63, 3.8) is 0 Å². The first kappa shape index (κ1) is 15.6. The van der Waals surface area contributed by atoms with Crippen LogP contribution in [0.1, 0.15) is 37.4 Å². The number of hydrogen-bond donors (Lipinski definition) is 0. The Morgan fingerprint density at radius 2 is 2.08 bits per heavy atom. The second-order valence-corrected chi connectivity index (χ2v) is 6.75. The Morgan fingerprint density at radius 3 is 2.79 bits per heavy atom. The van der Waals surface area contributed by atoms with Crippen molar-refractivity contribution in [2.24, 2.45) is 5.92 Å². The van der Waals surface area contributed by atoms with Gasteiger partial charge in [-0.3, -0.25) is 19.1 Å². The predicted molar refractivity (Wildman–Crippen MR) is 81.2 cm³/mol. The van der Waals surface area contributed by atoms with Crippen LogP contribution in [0.4, 0.5) is 4.39 Å². The standard InChI is InChI=1S/C16H21FN4O3/c17-12-7-11(8-12)15(22)19-9-13-3-4-18-21(13)14(10-19)16(23)20-5-1-2-6-24-20/h3-4,11-12,14H,1-2,5-10H2. The van der Waals surface area contributed by atoms with E-state index in [0.717, 1.165) is 18.5 Å². The highest BCUT2D eigenvalue weighted by atomic mass is 19.1. The first-order chi connectivity index (χ1) is 11.6. The normalized spacial score (nSPS) is 29.8. The van der Waals surface area contributed by atoms with Crippen LogP contribution in [0.15, 0.2) is 12.3 Å². The molecule has 4 rings (SSSR count). The number of alkyl halides is 1. The Kier molecular flexibility index (Phi) is 3.99. The Hall–Kier alpha value is -1.96. The first-order valence-corrected chi connectivity index (χ1v) is 8.53. The molecule has 2 amide bonds. The summed E-state index contributed by atoms with van der Waals surface area (Å²) < 4.78 is 14.8. The van der Waals surface area contributed by atoms with Crippen LogP contribution in [0, 0.1) is 5.92 Å². The van der Waals surface area contributed by atoms with Gasteiger partial charge in [-0.15, -0.1) is 0 Å². The number of fused-ring (bicyclic) bond motifs is 1. The summed E-state index contributed by atoms with van der Waals surface area (Å²) in [7, 11) is 0. The topological polar surface area (TPSA) is 67.7 Å². The van der Waals surface area contributed by atoms with Crippen molar-refractivity contribution >= 4 is 11.8 Å². The third-order valence-corrected chi connectivity index (χ3v) is 5.07. The van der Waals surface area contributed by atoms with E-state index in [-0.39, 0.29) is 24.3 Å². The Labute approximate surface area is 139 Å². The lowest BCUT2D eigenvalue weighted by Gasteiger charge is -2.39. The van der Waals surface area contributed by atoms with Crippen LogP contribution in [0.3, 0.4) is 0 Å². The van der Waals surface area contributed by atoms with E-state index in [2.05, 4.69) is 5.10 Å². The van der Waals surface area contributed by atoms with Crippen molar-refractivity contribution in [3.05, 3.63) is 18.0 Å². The van der Waals surface area contributed by atoms with Gasteiger partial charge in [0.15, 0.2) is 6.04 Å². The minimum Gasteiger partial charge on any atom is -0.334 e. The molecule has 1 saturated carbocycles. The molecule has 0 bridgehead atoms. The highest BCUT2D eigenvalue weighted by Gasteiger charge is 2.41. The van der Waals surface area contributed by atoms with Crippen LogP contribution in [0.25, 0.3) is 0 Å². The number of amides is 2. The summed E-state index contributed by atoms with van der Waals surface area (Å²) in [4.78, 5) is 32.5. The largest absolute Gasteiger partial charge is 0.334 e. The molecule has 24 heavy (non-hydrogen) atoms. The number of aromatic nitrogens is 2. The summed E-state index contributed by atoms with van der Waals surface area (Å²) in [6, 6.07) is 1.24. The molecule has 2 aliphatic heterocycles. The molecule has 8 heteroatoms. The van der Waals surface area contributed by atoms with E-state index in [0.29, 0.717) is 32.5 Å². The first-order valence-electron chi connectivity index (χ1n) is 8.53. The van der Waals surface area contributed by atoms with Gasteiger partial charge in [0.25, 0.3) is 5.91 Å². The molecule has 130 valence electrons. The molecule has 1 unspecified atom stereocenters. The number of nitrogens with zero attached hydrogens (tertiary/aromatic N) is 4. The van der Waals surface area contributed by atoms with Gasteiger partial charge < -0.3 is 4.90 Å². The van der Waals surface area contributed by atoms with Gasteiger partial charge in [0.1, 0.15) is 6.17 Å². The van der Waals surface area contributed by atoms with Crippen LogP contribution in [-0.2, 0) is 21.0 Å². The van der Waals surface area contributed by atoms with Gasteiger partial charge in [0.05, 0.1) is 25.4 Å². The van der Waals surface area contributed by atoms with Crippen LogP contribution in [0.2, 0.25) is 0 Å². The number of hydroxylamine groups is 2. The lowest BCUT2D eigenvalue weighted by molar-refractivity contribution is -0.202. The number of carbonyl (C=O) groups is 2. The van der Waals surface area contributed by atoms with E-state index < -0.39 is 12.2 Å². The van der Waals surface area contributed by atoms with Gasteiger partial charge >= 0.3 is 0 Å². The monoisotopic (exact) mass is 336 g/mol. The number of rotatable bonds is 2. The molecule has 0 aromatic carbocycles. The molecule has 1 aliphatic carbocycles. The quantitative estimate of drug-likeness (QED) is 0.810. The van der Waals surface area contributed by atoms with Crippen LogP contribution >= 0.6 is 0 Å². The zero-order valence-electron chi connectivity index (χ0n) is 13.4. The third-order valence-electron chi connectivity index (χ3n) is 5.07. The van der Waals surface area contributed by atoms with E-state index in [9.17, 15) is 14.0 Å². The van der Waals surface area contributed by atoms with Gasteiger partial charge in [-0.05, 0) is 31.7 Å². The lowest BCUT2D eigenvalue weighted by Crippen LogP contribution is -2.51. The zero-order valence-corrected chi connectivity index (χ0v) is 13.4. The van der Waals surface area contributed by atoms with E-state index in [1.165, 1.54) is 5.06 Å². The molecule has 0 spiro atoms. The van der Waals surface area contributed by atoms with Gasteiger partial charge in [0, 0.05) is 18.7 Å². The summed E-state index contributed by atoms with van der Waals surface area (Å²) in [6.07, 6.45) is 3.21. The van der Waals surface area contributed by atoms with Crippen molar-refractivity contribution in [2.75, 3.05) is 19.7 Å². The molecule has 7 nitrogen and oxygen atoms in total. The fourth-order valence-electron chi connectivity index (χ4n) is 3.59. The number of halogens is 1. The molecule has 0 radical (unpaired) electrons. The van der Waals surface area contributed by atoms with Crippen molar-refractivity contribution in [1.29, 1.82) is 0 Å². The maximum atomic E-state index is 13.1. The summed E-state index contributed by atoms with van der Waals surface area (Å²) >= 11 is 0. The van der Waals surface area contributed by atoms with E-state index in [1.54, 1.807) is 15.8 Å². The maximum Gasteiger partial charge on any atom is 0.272 e. The molecule has 3 heterocycles. The summed E-state index contributed by atoms with van der Waals surface area (Å²) in [5.41, 5.74) is 0.820. The Bertz CT molecular complexity index is 637. The van der Waals surface area contributed by atoms with Gasteiger partial charge in [-0.2, -0.15) is 5.10 Å². The van der Waals surface area contributed by atoms with Gasteiger partial charge in [0.2, 0.25) is 5.91 Å². The highest BCUT2D eigenvalue weighted by molar-refractivity contribution is 5.83. The average molecular weight is 336 g/mol. The summed E-state index contributed by atoms with van der Waals surface area (Å²) in [5, 5.41) is 5.65. The molecule has 1 saturated heterocycles. The van der Waals surface area contributed by atoms with Crippen molar-refractivity contribution < 1.29 is 18.8 Å². The van der Waals surface area contributed by atoms with E-state index in [1.807, 2.05) is 6.07 Å². The number of hydrogen-bond acceptors (Lipinski definition) is 4. The number of carbonyl (C=O) groups excluding carboxylic acids is 2. The average Bonchev–Trinajstić information content (AvgIpc) is 3.06. The summed E-state index contributed by atoms with van der Waals surface area (Å²) in [5.74, 6) is -0.487. The fraction of sp³-hybridized carbons (Fsp3) is 0.688. The van der Waals surface area contributed by atoms with E-state index in [4.69, 9.17) is 4.84 Å². The molecule has 3 aliphatic rings. The van der Waals surface area contributed by atoms with Crippen LogP contribution < -0.4 is 0 Å². The van der Waals surface area contributed by atoms with Crippen molar-refractivity contribution in [1.82, 2.24) is 19.7 Å². The lowest BCUT2D eigenvalue weighted by atomic mass is 9.82. The van der Waals surface area contributed by atoms with Gasteiger partial charge in [-0.25, -0.2) is 9.45 Å². The molecule has 1 atom stereocenters. The smallest absolute Gasteiger partial charge is 0.272 e. The highest BCUT2D eigenvalue weighted by Crippen LogP contribution is 2.33. The fourth-order valence-corrected chi connectivity index (χ4v) is 3.59. The molecule has 0 N–H and O–H groups in total. The molecular weight excluding hydrogens is 315 g/mol. The van der Waals surface area contributed by atoms with Crippen LogP contribution in [-0.4, -0.2) is 57.4 Å². The molecule has 2 fully saturated rings. The van der Waals surface area contributed by atoms with E-state index >= 15 is 0 Å². The summed E-state index contributed by atoms with van der Waals surface area (Å²) in [6.45, 7) is 1.77. The molecular formula is C16H21FN4O3. The second kappa shape index (κ2) is 6.16. The minimum atomic E-state index is -0.867. The van der Waals surface area contributed by atoms with Crippen LogP contribution in [0.5, 0.6) is 0 Å². The third kappa shape index (κ3) is 2.68. The Balaban J connectivity index is 1.52. The second-order valence-electron chi connectivity index (χ2n) is 6.75. The van der Waals surface area contributed by atoms with Gasteiger partial charge in [-0.1, -0.05) is 0 Å².